The van der Waals surface area contributed by atoms with Crippen molar-refractivity contribution in [2.45, 2.75) is 25.4 Å². The molecule has 1 atom stereocenters. The monoisotopic (exact) mass is 554 g/mol. The number of hydrogen-bond acceptors (Lipinski definition) is 6. The summed E-state index contributed by atoms with van der Waals surface area (Å²) in [5.41, 5.74) is 3.35. The van der Waals surface area contributed by atoms with E-state index >= 15 is 0 Å². The normalized spacial score (nSPS) is 19.4. The third-order valence-electron chi connectivity index (χ3n) is 7.86. The van der Waals surface area contributed by atoms with Crippen molar-refractivity contribution in [3.05, 3.63) is 94.8 Å². The average Bonchev–Trinajstić information content (AvgIpc) is 3.23. The minimum atomic E-state index is -1.02. The fourth-order valence-electron chi connectivity index (χ4n) is 5.74. The number of hydrogen-bond donors (Lipinski definition) is 1. The molecule has 0 aromatic heterocycles. The summed E-state index contributed by atoms with van der Waals surface area (Å²) in [5.74, 6) is -2.63. The molecule has 0 bridgehead atoms. The summed E-state index contributed by atoms with van der Waals surface area (Å²) >= 11 is 0. The highest BCUT2D eigenvalue weighted by Crippen LogP contribution is 2.35. The standard InChI is InChI=1S/C31H27FN4O5/c32-22-9-7-20(8-10-22)29(39)35-15-13-34(14-16-35)18-19-3-1-4-21(17-19)23-5-2-6-24-27(23)31(41)36(30(24)40)25-11-12-26(37)33-28(25)38/h1-10,17,25H,11-16,18H2,(H,33,37,38). The molecule has 6 rings (SSSR count). The Labute approximate surface area is 235 Å². The summed E-state index contributed by atoms with van der Waals surface area (Å²) in [4.78, 5) is 68.5. The fraction of sp³-hybridized carbons (Fsp3) is 0.258. The number of nitrogens with zero attached hydrogens (tertiary/aromatic N) is 3. The van der Waals surface area contributed by atoms with Gasteiger partial charge in [-0.2, -0.15) is 0 Å². The third-order valence-corrected chi connectivity index (χ3v) is 7.86. The molecule has 0 radical (unpaired) electrons. The van der Waals surface area contributed by atoms with E-state index in [-0.39, 0.29) is 35.7 Å². The molecule has 3 aromatic carbocycles. The number of benzene rings is 3. The maximum Gasteiger partial charge on any atom is 0.262 e. The van der Waals surface area contributed by atoms with Gasteiger partial charge in [0.25, 0.3) is 17.7 Å². The first kappa shape index (κ1) is 26.5. The zero-order chi connectivity index (χ0) is 28.7. The van der Waals surface area contributed by atoms with Gasteiger partial charge in [0.2, 0.25) is 11.8 Å². The average molecular weight is 555 g/mol. The SMILES string of the molecule is O=C1CCC(N2C(=O)c3cccc(-c4cccc(CN5CCN(C(=O)c6ccc(F)cc6)CC5)c4)c3C2=O)C(=O)N1. The van der Waals surface area contributed by atoms with Crippen LogP contribution in [0.5, 0.6) is 0 Å². The quantitative estimate of drug-likeness (QED) is 0.486. The lowest BCUT2D eigenvalue weighted by atomic mass is 9.95. The molecular weight excluding hydrogens is 527 g/mol. The third kappa shape index (κ3) is 5.02. The molecular formula is C31H27FN4O5. The maximum atomic E-state index is 13.5. The maximum absolute atomic E-state index is 13.5. The van der Waals surface area contributed by atoms with Crippen LogP contribution >= 0.6 is 0 Å². The molecule has 2 saturated heterocycles. The van der Waals surface area contributed by atoms with Crippen LogP contribution in [0.1, 0.15) is 49.5 Å². The highest BCUT2D eigenvalue weighted by Gasteiger charge is 2.45. The lowest BCUT2D eigenvalue weighted by Gasteiger charge is -2.35. The predicted octanol–water partition coefficient (Wildman–Crippen LogP) is 2.85. The van der Waals surface area contributed by atoms with Crippen molar-refractivity contribution in [1.82, 2.24) is 20.0 Å². The lowest BCUT2D eigenvalue weighted by Crippen LogP contribution is -2.54. The van der Waals surface area contributed by atoms with E-state index in [1.165, 1.54) is 24.3 Å². The van der Waals surface area contributed by atoms with E-state index in [4.69, 9.17) is 0 Å². The zero-order valence-corrected chi connectivity index (χ0v) is 22.1. The molecule has 2 fully saturated rings. The number of rotatable bonds is 5. The molecule has 1 unspecified atom stereocenters. The van der Waals surface area contributed by atoms with Gasteiger partial charge in [0.15, 0.2) is 0 Å². The van der Waals surface area contributed by atoms with Crippen LogP contribution in [-0.4, -0.2) is 76.5 Å². The van der Waals surface area contributed by atoms with Gasteiger partial charge in [-0.25, -0.2) is 4.39 Å². The van der Waals surface area contributed by atoms with Gasteiger partial charge in [-0.3, -0.25) is 39.1 Å². The van der Waals surface area contributed by atoms with E-state index in [2.05, 4.69) is 10.2 Å². The molecule has 3 aliphatic rings. The van der Waals surface area contributed by atoms with E-state index in [0.717, 1.165) is 16.0 Å². The number of imide groups is 2. The van der Waals surface area contributed by atoms with Crippen molar-refractivity contribution in [2.75, 3.05) is 26.2 Å². The van der Waals surface area contributed by atoms with Crippen LogP contribution in [0, 0.1) is 5.82 Å². The number of halogens is 1. The number of carbonyl (C=O) groups excluding carboxylic acids is 5. The molecule has 0 spiro atoms. The molecule has 41 heavy (non-hydrogen) atoms. The Hall–Kier alpha value is -4.70. The smallest absolute Gasteiger partial charge is 0.262 e. The number of fused-ring (bicyclic) bond motifs is 1. The Morgan fingerprint density at radius 1 is 0.854 bits per heavy atom. The molecule has 3 heterocycles. The Morgan fingerprint density at radius 3 is 2.29 bits per heavy atom. The summed E-state index contributed by atoms with van der Waals surface area (Å²) in [6.07, 6.45) is 0.164. The van der Waals surface area contributed by atoms with Crippen LogP contribution in [-0.2, 0) is 16.1 Å². The number of amides is 5. The van der Waals surface area contributed by atoms with Gasteiger partial charge in [-0.15, -0.1) is 0 Å². The zero-order valence-electron chi connectivity index (χ0n) is 22.1. The van der Waals surface area contributed by atoms with Crippen LogP contribution in [0.2, 0.25) is 0 Å². The van der Waals surface area contributed by atoms with Crippen molar-refractivity contribution < 1.29 is 28.4 Å². The molecule has 0 saturated carbocycles. The first-order chi connectivity index (χ1) is 19.8. The molecule has 5 amide bonds. The van der Waals surface area contributed by atoms with E-state index in [0.29, 0.717) is 43.9 Å². The number of nitrogens with one attached hydrogen (secondary N) is 1. The van der Waals surface area contributed by atoms with Crippen molar-refractivity contribution in [2.24, 2.45) is 0 Å². The Morgan fingerprint density at radius 2 is 1.56 bits per heavy atom. The second-order valence-electron chi connectivity index (χ2n) is 10.5. The summed E-state index contributed by atoms with van der Waals surface area (Å²) in [7, 11) is 0. The summed E-state index contributed by atoms with van der Waals surface area (Å²) in [6.45, 7) is 3.08. The molecule has 3 aromatic rings. The van der Waals surface area contributed by atoms with E-state index in [9.17, 15) is 28.4 Å². The summed E-state index contributed by atoms with van der Waals surface area (Å²) < 4.78 is 13.2. The lowest BCUT2D eigenvalue weighted by molar-refractivity contribution is -0.136. The van der Waals surface area contributed by atoms with Gasteiger partial charge in [0.05, 0.1) is 11.1 Å². The van der Waals surface area contributed by atoms with Crippen LogP contribution in [0.25, 0.3) is 11.1 Å². The highest BCUT2D eigenvalue weighted by atomic mass is 19.1. The molecule has 1 N–H and O–H groups in total. The minimum absolute atomic E-state index is 0.0629. The highest BCUT2D eigenvalue weighted by molar-refractivity contribution is 6.25. The molecule has 0 aliphatic carbocycles. The van der Waals surface area contributed by atoms with Crippen LogP contribution in [0.15, 0.2) is 66.7 Å². The topological polar surface area (TPSA) is 107 Å². The largest absolute Gasteiger partial charge is 0.336 e. The fourth-order valence-corrected chi connectivity index (χ4v) is 5.74. The van der Waals surface area contributed by atoms with E-state index < -0.39 is 29.7 Å². The number of carbonyl (C=O) groups is 5. The summed E-state index contributed by atoms with van der Waals surface area (Å²) in [5, 5.41) is 2.22. The number of piperidine rings is 1. The summed E-state index contributed by atoms with van der Waals surface area (Å²) in [6, 6.07) is 17.4. The van der Waals surface area contributed by atoms with Crippen molar-refractivity contribution in [1.29, 1.82) is 0 Å². The van der Waals surface area contributed by atoms with Crippen LogP contribution < -0.4 is 5.32 Å². The molecule has 3 aliphatic heterocycles. The number of piperazine rings is 1. The van der Waals surface area contributed by atoms with Gasteiger partial charge < -0.3 is 4.90 Å². The minimum Gasteiger partial charge on any atom is -0.336 e. The van der Waals surface area contributed by atoms with Gasteiger partial charge in [-0.1, -0.05) is 30.3 Å². The van der Waals surface area contributed by atoms with Gasteiger partial charge in [0.1, 0.15) is 11.9 Å². The van der Waals surface area contributed by atoms with Crippen LogP contribution in [0.3, 0.4) is 0 Å². The molecule has 9 nitrogen and oxygen atoms in total. The van der Waals surface area contributed by atoms with Crippen molar-refractivity contribution in [3.63, 3.8) is 0 Å². The Kier molecular flexibility index (Phi) is 6.92. The van der Waals surface area contributed by atoms with E-state index in [1.807, 2.05) is 24.3 Å². The first-order valence-corrected chi connectivity index (χ1v) is 13.5. The second kappa shape index (κ2) is 10.7. The molecule has 10 heteroatoms. The predicted molar refractivity (Wildman–Crippen MR) is 146 cm³/mol. The van der Waals surface area contributed by atoms with Gasteiger partial charge in [-0.05, 0) is 59.5 Å². The van der Waals surface area contributed by atoms with E-state index in [1.54, 1.807) is 23.1 Å². The van der Waals surface area contributed by atoms with Gasteiger partial charge in [0, 0.05) is 44.7 Å². The molecule has 208 valence electrons. The Balaban J connectivity index is 1.16. The Bertz CT molecular complexity index is 1580. The van der Waals surface area contributed by atoms with Gasteiger partial charge >= 0.3 is 0 Å². The van der Waals surface area contributed by atoms with Crippen molar-refractivity contribution in [3.8, 4) is 11.1 Å². The first-order valence-electron chi connectivity index (χ1n) is 13.5. The second-order valence-corrected chi connectivity index (χ2v) is 10.5. The van der Waals surface area contributed by atoms with Crippen molar-refractivity contribution >= 4 is 29.5 Å². The van der Waals surface area contributed by atoms with Crippen LogP contribution in [0.4, 0.5) is 4.39 Å².